The molecule has 0 N–H and O–H groups in total. The molecule has 0 saturated carbocycles. The fourth-order valence-electron chi connectivity index (χ4n) is 3.19. The van der Waals surface area contributed by atoms with Crippen LogP contribution in [0.25, 0.3) is 0 Å². The van der Waals surface area contributed by atoms with Crippen LogP contribution in [-0.4, -0.2) is 25.2 Å². The summed E-state index contributed by atoms with van der Waals surface area (Å²) in [6, 6.07) is 0. The Morgan fingerprint density at radius 1 is 0.552 bits per heavy atom. The van der Waals surface area contributed by atoms with Crippen LogP contribution < -0.4 is 0 Å². The normalized spacial score (nSPS) is 11.4. The molecule has 0 unspecified atom stereocenters. The summed E-state index contributed by atoms with van der Waals surface area (Å²) in [7, 11) is 0. The highest BCUT2D eigenvalue weighted by Crippen LogP contribution is 2.18. The van der Waals surface area contributed by atoms with Crippen LogP contribution in [-0.2, 0) is 19.1 Å². The molecule has 172 valence electrons. The Morgan fingerprint density at radius 3 is 1.21 bits per heavy atom. The van der Waals surface area contributed by atoms with E-state index in [2.05, 4.69) is 13.8 Å². The van der Waals surface area contributed by atoms with Crippen molar-refractivity contribution in [1.29, 1.82) is 0 Å². The predicted molar refractivity (Wildman–Crippen MR) is 121 cm³/mol. The lowest BCUT2D eigenvalue weighted by Crippen LogP contribution is -2.28. The molecule has 0 aliphatic carbocycles. The van der Waals surface area contributed by atoms with Gasteiger partial charge in [-0.3, -0.25) is 9.59 Å². The van der Waals surface area contributed by atoms with Gasteiger partial charge in [0.15, 0.2) is 0 Å². The molecule has 0 aromatic heterocycles. The molecule has 0 amide bonds. The first-order valence-corrected chi connectivity index (χ1v) is 12.2. The molecule has 0 saturated heterocycles. The van der Waals surface area contributed by atoms with E-state index in [-0.39, 0.29) is 17.4 Å². The third-order valence-electron chi connectivity index (χ3n) is 5.22. The van der Waals surface area contributed by atoms with Gasteiger partial charge in [-0.05, 0) is 12.8 Å². The van der Waals surface area contributed by atoms with E-state index < -0.39 is 0 Å². The Bertz CT molecular complexity index is 368. The van der Waals surface area contributed by atoms with Gasteiger partial charge in [0.05, 0.1) is 13.2 Å². The Morgan fingerprint density at radius 2 is 0.862 bits per heavy atom. The minimum Gasteiger partial charge on any atom is -0.465 e. The van der Waals surface area contributed by atoms with Crippen molar-refractivity contribution in [3.05, 3.63) is 0 Å². The second kappa shape index (κ2) is 18.9. The highest BCUT2D eigenvalue weighted by Gasteiger charge is 2.22. The molecule has 4 heteroatoms. The average molecular weight is 413 g/mol. The van der Waals surface area contributed by atoms with Crippen molar-refractivity contribution in [2.24, 2.45) is 5.41 Å². The van der Waals surface area contributed by atoms with Gasteiger partial charge >= 0.3 is 11.9 Å². The lowest BCUT2D eigenvalue weighted by Gasteiger charge is -2.23. The highest BCUT2D eigenvalue weighted by molar-refractivity contribution is 5.69. The van der Waals surface area contributed by atoms with Crippen molar-refractivity contribution in [1.82, 2.24) is 0 Å². The Hall–Kier alpha value is -1.06. The van der Waals surface area contributed by atoms with Gasteiger partial charge in [-0.1, -0.05) is 105 Å². The Balaban J connectivity index is 3.67. The highest BCUT2D eigenvalue weighted by atomic mass is 16.5. The van der Waals surface area contributed by atoms with Gasteiger partial charge in [-0.25, -0.2) is 0 Å². The number of hydrogen-bond donors (Lipinski definition) is 0. The summed E-state index contributed by atoms with van der Waals surface area (Å²) in [5, 5.41) is 0. The molecule has 0 heterocycles. The minimum absolute atomic E-state index is 0.138. The van der Waals surface area contributed by atoms with Crippen molar-refractivity contribution in [3.63, 3.8) is 0 Å². The van der Waals surface area contributed by atoms with Crippen molar-refractivity contribution < 1.29 is 19.1 Å². The number of unbranched alkanes of at least 4 members (excludes halogenated alkanes) is 12. The molecule has 0 rings (SSSR count). The summed E-state index contributed by atoms with van der Waals surface area (Å²) in [6.45, 7) is 8.97. The molecular formula is C25H48O4. The van der Waals surface area contributed by atoms with E-state index in [1.54, 1.807) is 0 Å². The van der Waals surface area contributed by atoms with Gasteiger partial charge in [0, 0.05) is 18.3 Å². The SMILES string of the molecule is CCCCCCCCCC(=O)OCC(C)(C)COC(=O)CCCCCCCCC. The molecule has 0 aliphatic heterocycles. The standard InChI is InChI=1S/C25H48O4/c1-5-7-9-11-13-15-17-19-23(26)28-21-25(3,4)22-29-24(27)20-18-16-14-12-10-8-6-2/h5-22H2,1-4H3. The maximum atomic E-state index is 11.9. The lowest BCUT2D eigenvalue weighted by atomic mass is 9.96. The van der Waals surface area contributed by atoms with E-state index in [0.717, 1.165) is 25.7 Å². The Labute approximate surface area is 180 Å². The zero-order valence-electron chi connectivity index (χ0n) is 19.9. The van der Waals surface area contributed by atoms with Crippen LogP contribution in [0, 0.1) is 5.41 Å². The maximum absolute atomic E-state index is 11.9. The summed E-state index contributed by atoms with van der Waals surface area (Å²) in [5.41, 5.74) is -0.342. The van der Waals surface area contributed by atoms with Crippen molar-refractivity contribution >= 4 is 11.9 Å². The number of esters is 2. The van der Waals surface area contributed by atoms with Crippen molar-refractivity contribution in [2.75, 3.05) is 13.2 Å². The third kappa shape index (κ3) is 20.0. The monoisotopic (exact) mass is 412 g/mol. The first-order chi connectivity index (χ1) is 13.9. The van der Waals surface area contributed by atoms with E-state index in [0.29, 0.717) is 26.1 Å². The van der Waals surface area contributed by atoms with Gasteiger partial charge in [0.1, 0.15) is 0 Å². The molecule has 0 aromatic rings. The van der Waals surface area contributed by atoms with E-state index in [1.807, 2.05) is 13.8 Å². The van der Waals surface area contributed by atoms with Crippen LogP contribution in [0.4, 0.5) is 0 Å². The van der Waals surface area contributed by atoms with Crippen LogP contribution in [0.1, 0.15) is 130 Å². The second-order valence-corrected chi connectivity index (χ2v) is 9.23. The lowest BCUT2D eigenvalue weighted by molar-refractivity contribution is -0.152. The molecule has 0 atom stereocenters. The van der Waals surface area contributed by atoms with Gasteiger partial charge in [-0.15, -0.1) is 0 Å². The molecule has 0 radical (unpaired) electrons. The molecule has 0 fully saturated rings. The van der Waals surface area contributed by atoms with Crippen LogP contribution in [0.3, 0.4) is 0 Å². The molecule has 0 bridgehead atoms. The fourth-order valence-corrected chi connectivity index (χ4v) is 3.19. The fraction of sp³-hybridized carbons (Fsp3) is 0.920. The first kappa shape index (κ1) is 27.9. The molecule has 0 aromatic carbocycles. The topological polar surface area (TPSA) is 52.6 Å². The smallest absolute Gasteiger partial charge is 0.305 e. The third-order valence-corrected chi connectivity index (χ3v) is 5.22. The van der Waals surface area contributed by atoms with E-state index in [9.17, 15) is 9.59 Å². The van der Waals surface area contributed by atoms with Gasteiger partial charge in [-0.2, -0.15) is 0 Å². The van der Waals surface area contributed by atoms with Crippen molar-refractivity contribution in [2.45, 2.75) is 130 Å². The van der Waals surface area contributed by atoms with Gasteiger partial charge < -0.3 is 9.47 Å². The van der Waals surface area contributed by atoms with Crippen LogP contribution >= 0.6 is 0 Å². The summed E-state index contributed by atoms with van der Waals surface area (Å²) in [6.07, 6.45) is 17.6. The number of rotatable bonds is 20. The van der Waals surface area contributed by atoms with Crippen LogP contribution in [0.15, 0.2) is 0 Å². The Kier molecular flexibility index (Phi) is 18.2. The van der Waals surface area contributed by atoms with E-state index >= 15 is 0 Å². The molecule has 0 aliphatic rings. The van der Waals surface area contributed by atoms with E-state index in [4.69, 9.17) is 9.47 Å². The maximum Gasteiger partial charge on any atom is 0.305 e. The number of carbonyl (C=O) groups excluding carboxylic acids is 2. The largest absolute Gasteiger partial charge is 0.465 e. The van der Waals surface area contributed by atoms with Gasteiger partial charge in [0.25, 0.3) is 0 Å². The average Bonchev–Trinajstić information content (AvgIpc) is 2.69. The van der Waals surface area contributed by atoms with Gasteiger partial charge in [0.2, 0.25) is 0 Å². The second-order valence-electron chi connectivity index (χ2n) is 9.23. The summed E-state index contributed by atoms with van der Waals surface area (Å²) < 4.78 is 10.8. The molecule has 4 nitrogen and oxygen atoms in total. The van der Waals surface area contributed by atoms with E-state index in [1.165, 1.54) is 64.2 Å². The number of ether oxygens (including phenoxy) is 2. The van der Waals surface area contributed by atoms with Crippen LogP contribution in [0.5, 0.6) is 0 Å². The zero-order valence-corrected chi connectivity index (χ0v) is 19.9. The zero-order chi connectivity index (χ0) is 21.8. The van der Waals surface area contributed by atoms with Crippen LogP contribution in [0.2, 0.25) is 0 Å². The summed E-state index contributed by atoms with van der Waals surface area (Å²) in [5.74, 6) is -0.276. The van der Waals surface area contributed by atoms with Crippen molar-refractivity contribution in [3.8, 4) is 0 Å². The molecular weight excluding hydrogens is 364 g/mol. The molecule has 0 spiro atoms. The molecule has 29 heavy (non-hydrogen) atoms. The summed E-state index contributed by atoms with van der Waals surface area (Å²) >= 11 is 0. The minimum atomic E-state index is -0.342. The number of carbonyl (C=O) groups is 2. The summed E-state index contributed by atoms with van der Waals surface area (Å²) in [4.78, 5) is 23.8. The first-order valence-electron chi connectivity index (χ1n) is 12.2. The predicted octanol–water partition coefficient (Wildman–Crippen LogP) is 7.38. The number of hydrogen-bond acceptors (Lipinski definition) is 4. The quantitative estimate of drug-likeness (QED) is 0.155.